The molecule has 0 spiro atoms. The molecule has 13 heteroatoms. The molecule has 242 valence electrons. The number of aliphatic hydroxyl groups excluding tert-OH is 3. The average molecular weight is 621 g/mol. The summed E-state index contributed by atoms with van der Waals surface area (Å²) in [6.45, 7) is 2.70. The second-order valence-electron chi connectivity index (χ2n) is 9.69. The molecular weight excluding hydrogens is 572 g/mol. The third-order valence-corrected chi connectivity index (χ3v) is 6.48. The average Bonchev–Trinajstić information content (AvgIpc) is 2.93. The highest BCUT2D eigenvalue weighted by atomic mass is 32.3. The fourth-order valence-electron chi connectivity index (χ4n) is 3.95. The number of hydrogen-bond donors (Lipinski definition) is 4. The minimum absolute atomic E-state index is 0.00371. The number of unbranched alkanes of at least 4 members (excludes halogenated alkanes) is 3. The number of aliphatic hydroxyl groups is 3. The Hall–Kier alpha value is -1.94. The molecule has 0 aromatic heterocycles. The maximum absolute atomic E-state index is 11.5. The molecule has 42 heavy (non-hydrogen) atoms. The second-order valence-corrected chi connectivity index (χ2v) is 10.7. The van der Waals surface area contributed by atoms with Gasteiger partial charge in [-0.1, -0.05) is 62.0 Å². The molecule has 1 fully saturated rings. The SMILES string of the molecule is CC/C=C\C/C=C\C/C=C\C/C=C\CCCCCOCC(COC1OC(CO)C(O)C(OS(=O)(=O)O)C1O)OC(C)=O. The van der Waals surface area contributed by atoms with Crippen molar-refractivity contribution < 1.29 is 56.2 Å². The van der Waals surface area contributed by atoms with E-state index in [1.807, 2.05) is 0 Å². The minimum Gasteiger partial charge on any atom is -0.458 e. The Morgan fingerprint density at radius 1 is 0.905 bits per heavy atom. The Labute approximate surface area is 249 Å². The quantitative estimate of drug-likeness (QED) is 0.0603. The van der Waals surface area contributed by atoms with Crippen LogP contribution >= 0.6 is 0 Å². The standard InChI is InChI=1S/C29H48O12S/c1-3-4-5-6-7-8-9-10-11-12-13-14-15-16-17-18-19-37-21-24(39-23(2)31)22-38-29-27(33)28(41-42(34,35)36)26(32)25(20-30)40-29/h4-5,7-8,10-11,13-14,24-30,32-33H,3,6,9,12,15-22H2,1-2H3,(H,34,35,36)/b5-4-,8-7-,11-10-,14-13-. The molecule has 1 aliphatic rings. The van der Waals surface area contributed by atoms with Gasteiger partial charge in [-0.2, -0.15) is 8.42 Å². The molecule has 0 aliphatic carbocycles. The van der Waals surface area contributed by atoms with Crippen molar-refractivity contribution >= 4 is 16.4 Å². The van der Waals surface area contributed by atoms with E-state index in [9.17, 15) is 28.5 Å². The van der Waals surface area contributed by atoms with E-state index >= 15 is 0 Å². The molecular formula is C29H48O12S. The summed E-state index contributed by atoms with van der Waals surface area (Å²) in [5.74, 6) is -0.591. The molecule has 1 heterocycles. The first-order chi connectivity index (χ1) is 20.1. The van der Waals surface area contributed by atoms with Gasteiger partial charge in [0.05, 0.1) is 19.8 Å². The van der Waals surface area contributed by atoms with Gasteiger partial charge in [0.2, 0.25) is 0 Å². The lowest BCUT2D eigenvalue weighted by molar-refractivity contribution is -0.301. The zero-order valence-electron chi connectivity index (χ0n) is 24.5. The van der Waals surface area contributed by atoms with E-state index in [2.05, 4.69) is 59.7 Å². The zero-order valence-corrected chi connectivity index (χ0v) is 25.3. The van der Waals surface area contributed by atoms with Gasteiger partial charge in [-0.15, -0.1) is 0 Å². The van der Waals surface area contributed by atoms with Crippen LogP contribution in [-0.4, -0.2) is 97.5 Å². The third-order valence-electron chi connectivity index (χ3n) is 6.02. The lowest BCUT2D eigenvalue weighted by Crippen LogP contribution is -2.60. The molecule has 1 rings (SSSR count). The number of hydrogen-bond acceptors (Lipinski definition) is 11. The van der Waals surface area contributed by atoms with Crippen LogP contribution in [0.2, 0.25) is 0 Å². The van der Waals surface area contributed by atoms with Crippen molar-refractivity contribution in [3.8, 4) is 0 Å². The predicted octanol–water partition coefficient (Wildman–Crippen LogP) is 2.94. The molecule has 6 unspecified atom stereocenters. The van der Waals surface area contributed by atoms with E-state index in [0.717, 1.165) is 51.4 Å². The topological polar surface area (TPSA) is 178 Å². The van der Waals surface area contributed by atoms with Crippen molar-refractivity contribution in [1.82, 2.24) is 0 Å². The Morgan fingerprint density at radius 2 is 1.52 bits per heavy atom. The molecule has 0 amide bonds. The van der Waals surface area contributed by atoms with Gasteiger partial charge in [0, 0.05) is 13.5 Å². The van der Waals surface area contributed by atoms with E-state index in [4.69, 9.17) is 23.5 Å². The van der Waals surface area contributed by atoms with Crippen LogP contribution in [0.1, 0.15) is 65.2 Å². The number of allylic oxidation sites excluding steroid dienone is 8. The number of rotatable bonds is 22. The smallest absolute Gasteiger partial charge is 0.397 e. The van der Waals surface area contributed by atoms with E-state index in [-0.39, 0.29) is 13.2 Å². The van der Waals surface area contributed by atoms with Gasteiger partial charge in [0.25, 0.3) is 0 Å². The summed E-state index contributed by atoms with van der Waals surface area (Å²) in [6.07, 6.45) is 15.6. The van der Waals surface area contributed by atoms with E-state index in [1.54, 1.807) is 0 Å². The van der Waals surface area contributed by atoms with Gasteiger partial charge < -0.3 is 34.3 Å². The molecule has 0 radical (unpaired) electrons. The van der Waals surface area contributed by atoms with Gasteiger partial charge in [-0.05, 0) is 44.9 Å². The van der Waals surface area contributed by atoms with Gasteiger partial charge in [0.1, 0.15) is 30.5 Å². The van der Waals surface area contributed by atoms with Crippen LogP contribution < -0.4 is 0 Å². The van der Waals surface area contributed by atoms with Crippen molar-refractivity contribution in [2.75, 3.05) is 26.4 Å². The lowest BCUT2D eigenvalue weighted by atomic mass is 9.99. The number of carbonyl (C=O) groups excluding carboxylic acids is 1. The summed E-state index contributed by atoms with van der Waals surface area (Å²) in [4.78, 5) is 11.5. The van der Waals surface area contributed by atoms with E-state index in [1.165, 1.54) is 6.92 Å². The number of ether oxygens (including phenoxy) is 4. The van der Waals surface area contributed by atoms with E-state index in [0.29, 0.717) is 6.61 Å². The predicted molar refractivity (Wildman–Crippen MR) is 156 cm³/mol. The molecule has 6 atom stereocenters. The fourth-order valence-corrected chi connectivity index (χ4v) is 4.46. The van der Waals surface area contributed by atoms with Gasteiger partial charge in [0.15, 0.2) is 6.29 Å². The maximum atomic E-state index is 11.5. The molecule has 0 bridgehead atoms. The molecule has 1 aliphatic heterocycles. The van der Waals surface area contributed by atoms with Crippen LogP contribution in [0.25, 0.3) is 0 Å². The molecule has 1 saturated heterocycles. The van der Waals surface area contributed by atoms with Crippen molar-refractivity contribution in [3.63, 3.8) is 0 Å². The van der Waals surface area contributed by atoms with Crippen LogP contribution in [0.3, 0.4) is 0 Å². The first-order valence-corrected chi connectivity index (χ1v) is 15.7. The Kier molecular flexibility index (Phi) is 20.5. The second kappa shape index (κ2) is 22.6. The summed E-state index contributed by atoms with van der Waals surface area (Å²) in [5, 5.41) is 29.9. The summed E-state index contributed by atoms with van der Waals surface area (Å²) >= 11 is 0. The fraction of sp³-hybridized carbons (Fsp3) is 0.690. The number of carbonyl (C=O) groups is 1. The van der Waals surface area contributed by atoms with Crippen LogP contribution in [0.15, 0.2) is 48.6 Å². The molecule has 0 aromatic carbocycles. The highest BCUT2D eigenvalue weighted by molar-refractivity contribution is 7.80. The van der Waals surface area contributed by atoms with Gasteiger partial charge >= 0.3 is 16.4 Å². The maximum Gasteiger partial charge on any atom is 0.397 e. The van der Waals surface area contributed by atoms with Crippen molar-refractivity contribution in [2.45, 2.75) is 102 Å². The Morgan fingerprint density at radius 3 is 2.10 bits per heavy atom. The van der Waals surface area contributed by atoms with Gasteiger partial charge in [-0.3, -0.25) is 9.35 Å². The van der Waals surface area contributed by atoms with Crippen LogP contribution in [-0.2, 0) is 38.3 Å². The normalized spacial score (nSPS) is 24.4. The number of esters is 1. The van der Waals surface area contributed by atoms with Crippen LogP contribution in [0.4, 0.5) is 0 Å². The molecule has 0 aromatic rings. The first kappa shape index (κ1) is 38.1. The summed E-state index contributed by atoms with van der Waals surface area (Å²) in [5.41, 5.74) is 0. The highest BCUT2D eigenvalue weighted by Crippen LogP contribution is 2.25. The molecule has 12 nitrogen and oxygen atoms in total. The largest absolute Gasteiger partial charge is 0.458 e. The molecule has 0 saturated carbocycles. The van der Waals surface area contributed by atoms with Crippen molar-refractivity contribution in [1.29, 1.82) is 0 Å². The monoisotopic (exact) mass is 620 g/mol. The minimum atomic E-state index is -5.04. The van der Waals surface area contributed by atoms with Crippen molar-refractivity contribution in [2.24, 2.45) is 0 Å². The zero-order chi connectivity index (χ0) is 31.2. The summed E-state index contributed by atoms with van der Waals surface area (Å²) in [6, 6.07) is 0. The Bertz CT molecular complexity index is 946. The summed E-state index contributed by atoms with van der Waals surface area (Å²) in [7, 11) is -5.04. The highest BCUT2D eigenvalue weighted by Gasteiger charge is 2.47. The lowest BCUT2D eigenvalue weighted by Gasteiger charge is -2.41. The van der Waals surface area contributed by atoms with E-state index < -0.39 is 59.8 Å². The summed E-state index contributed by atoms with van der Waals surface area (Å²) < 4.78 is 57.0. The van der Waals surface area contributed by atoms with Gasteiger partial charge in [-0.25, -0.2) is 4.18 Å². The van der Waals surface area contributed by atoms with Crippen LogP contribution in [0.5, 0.6) is 0 Å². The van der Waals surface area contributed by atoms with Crippen molar-refractivity contribution in [3.05, 3.63) is 48.6 Å². The Balaban J connectivity index is 2.31. The first-order valence-electron chi connectivity index (χ1n) is 14.3. The van der Waals surface area contributed by atoms with Crippen LogP contribution in [0, 0.1) is 0 Å². The molecule has 4 N–H and O–H groups in total. The third kappa shape index (κ3) is 17.9.